The van der Waals surface area contributed by atoms with E-state index in [4.69, 9.17) is 28.9 Å². The molecule has 2 aromatic rings. The molecule has 3 N–H and O–H groups in total. The van der Waals surface area contributed by atoms with Gasteiger partial charge in [-0.1, -0.05) is 42.1 Å². The lowest BCUT2D eigenvalue weighted by Gasteiger charge is -2.20. The number of nitrogens with zero attached hydrogens (tertiary/aromatic N) is 1. The first-order chi connectivity index (χ1) is 13.3. The Labute approximate surface area is 174 Å². The summed E-state index contributed by atoms with van der Waals surface area (Å²) < 4.78 is 27.4. The highest BCUT2D eigenvalue weighted by Crippen LogP contribution is 2.31. The Hall–Kier alpha value is -1.80. The Morgan fingerprint density at radius 3 is 2.21 bits per heavy atom. The molecule has 0 radical (unpaired) electrons. The van der Waals surface area contributed by atoms with Crippen LogP contribution in [0.4, 0.5) is 11.4 Å². The van der Waals surface area contributed by atoms with Crippen LogP contribution in [0.5, 0.6) is 0 Å². The van der Waals surface area contributed by atoms with Gasteiger partial charge >= 0.3 is 0 Å². The Morgan fingerprint density at radius 1 is 1.00 bits per heavy atom. The number of nitrogens with one attached hydrogen (secondary N) is 1. The van der Waals surface area contributed by atoms with Crippen molar-refractivity contribution >= 4 is 50.5 Å². The molecule has 0 spiro atoms. The van der Waals surface area contributed by atoms with E-state index in [1.54, 1.807) is 12.1 Å². The number of amides is 1. The normalized spacial score (nSPS) is 15.8. The number of sulfonamides is 1. The lowest BCUT2D eigenvalue weighted by Crippen LogP contribution is -2.32. The minimum absolute atomic E-state index is 0.107. The number of hydrogen-bond donors (Lipinski definition) is 2. The second-order valence-corrected chi connectivity index (χ2v) is 9.41. The molecule has 1 aliphatic rings. The number of carbonyl (C=O) groups is 1. The molecule has 6 nitrogen and oxygen atoms in total. The zero-order valence-corrected chi connectivity index (χ0v) is 17.4. The van der Waals surface area contributed by atoms with E-state index in [1.807, 2.05) is 0 Å². The third kappa shape index (κ3) is 4.60. The summed E-state index contributed by atoms with van der Waals surface area (Å²) in [6.45, 7) is 1.00. The quantitative estimate of drug-likeness (QED) is 0.687. The summed E-state index contributed by atoms with van der Waals surface area (Å²) in [6, 6.07) is 8.97. The molecule has 1 amide bonds. The summed E-state index contributed by atoms with van der Waals surface area (Å²) in [6.07, 6.45) is 3.75. The van der Waals surface area contributed by atoms with Crippen LogP contribution in [-0.4, -0.2) is 31.7 Å². The summed E-state index contributed by atoms with van der Waals surface area (Å²) in [5, 5.41) is 3.11. The highest BCUT2D eigenvalue weighted by molar-refractivity contribution is 7.89. The molecular weight excluding hydrogens is 421 g/mol. The molecule has 1 saturated heterocycles. The van der Waals surface area contributed by atoms with E-state index in [2.05, 4.69) is 5.32 Å². The van der Waals surface area contributed by atoms with E-state index in [9.17, 15) is 13.2 Å². The van der Waals surface area contributed by atoms with Crippen LogP contribution in [0.2, 0.25) is 10.0 Å². The van der Waals surface area contributed by atoms with Gasteiger partial charge in [0.2, 0.25) is 10.0 Å². The maximum absolute atomic E-state index is 12.9. The number of rotatable bonds is 4. The summed E-state index contributed by atoms with van der Waals surface area (Å²) in [7, 11) is -3.64. The zero-order valence-electron chi connectivity index (χ0n) is 15.1. The number of nitrogen functional groups attached to an aromatic ring is 1. The molecule has 3 rings (SSSR count). The van der Waals surface area contributed by atoms with Gasteiger partial charge in [-0.3, -0.25) is 4.79 Å². The maximum atomic E-state index is 12.9. The fourth-order valence-corrected chi connectivity index (χ4v) is 5.14. The van der Waals surface area contributed by atoms with Crippen LogP contribution in [-0.2, 0) is 10.0 Å². The molecule has 0 unspecified atom stereocenters. The van der Waals surface area contributed by atoms with Crippen LogP contribution < -0.4 is 11.1 Å². The average molecular weight is 442 g/mol. The molecule has 9 heteroatoms. The Kier molecular flexibility index (Phi) is 6.50. The SMILES string of the molecule is Nc1c(Cl)cc(NC(=O)c2cccc(S(=O)(=O)N3CCCCCC3)c2)cc1Cl. The second-order valence-electron chi connectivity index (χ2n) is 6.65. The fraction of sp³-hybridized carbons (Fsp3) is 0.316. The number of halogens is 2. The van der Waals surface area contributed by atoms with Crippen molar-refractivity contribution < 1.29 is 13.2 Å². The number of hydrogen-bond acceptors (Lipinski definition) is 4. The van der Waals surface area contributed by atoms with Gasteiger partial charge in [-0.25, -0.2) is 8.42 Å². The fourth-order valence-electron chi connectivity index (χ4n) is 3.09. The van der Waals surface area contributed by atoms with Gasteiger partial charge in [-0.2, -0.15) is 4.31 Å². The summed E-state index contributed by atoms with van der Waals surface area (Å²) in [4.78, 5) is 12.7. The Bertz CT molecular complexity index is 965. The molecule has 1 heterocycles. The van der Waals surface area contributed by atoms with E-state index >= 15 is 0 Å². The van der Waals surface area contributed by atoms with Crippen molar-refractivity contribution in [2.45, 2.75) is 30.6 Å². The molecule has 28 heavy (non-hydrogen) atoms. The first kappa shape index (κ1) is 20.9. The molecule has 0 saturated carbocycles. The van der Waals surface area contributed by atoms with Gasteiger partial charge < -0.3 is 11.1 Å². The molecule has 0 aliphatic carbocycles. The largest absolute Gasteiger partial charge is 0.396 e. The first-order valence-electron chi connectivity index (χ1n) is 8.95. The van der Waals surface area contributed by atoms with Crippen molar-refractivity contribution in [2.75, 3.05) is 24.1 Å². The van der Waals surface area contributed by atoms with E-state index in [1.165, 1.54) is 28.6 Å². The standard InChI is InChI=1S/C19H21Cl2N3O3S/c20-16-11-14(12-17(21)18(16)22)23-19(25)13-6-5-7-15(10-13)28(26,27)24-8-3-1-2-4-9-24/h5-7,10-12H,1-4,8-9,22H2,(H,23,25). The molecule has 150 valence electrons. The topological polar surface area (TPSA) is 92.5 Å². The van der Waals surface area contributed by atoms with Crippen LogP contribution in [0.15, 0.2) is 41.3 Å². The van der Waals surface area contributed by atoms with Gasteiger partial charge in [0.1, 0.15) is 0 Å². The smallest absolute Gasteiger partial charge is 0.255 e. The average Bonchev–Trinajstić information content (AvgIpc) is 2.96. The zero-order chi connectivity index (χ0) is 20.3. The van der Waals surface area contributed by atoms with Crippen molar-refractivity contribution in [1.82, 2.24) is 4.31 Å². The molecule has 0 aromatic heterocycles. The van der Waals surface area contributed by atoms with Crippen molar-refractivity contribution in [2.24, 2.45) is 0 Å². The molecule has 0 atom stereocenters. The van der Waals surface area contributed by atoms with Crippen molar-refractivity contribution in [3.05, 3.63) is 52.0 Å². The Balaban J connectivity index is 1.83. The molecule has 1 aliphatic heterocycles. The number of nitrogens with two attached hydrogens (primary N) is 1. The number of anilines is 2. The Morgan fingerprint density at radius 2 is 1.61 bits per heavy atom. The van der Waals surface area contributed by atoms with Gasteiger partial charge in [-0.05, 0) is 43.2 Å². The minimum Gasteiger partial charge on any atom is -0.396 e. The van der Waals surface area contributed by atoms with Crippen LogP contribution in [0.1, 0.15) is 36.0 Å². The minimum atomic E-state index is -3.64. The molecule has 1 fully saturated rings. The lowest BCUT2D eigenvalue weighted by molar-refractivity contribution is 0.102. The molecule has 0 bridgehead atoms. The van der Waals surface area contributed by atoms with Gasteiger partial charge in [0.25, 0.3) is 5.91 Å². The highest BCUT2D eigenvalue weighted by Gasteiger charge is 2.25. The van der Waals surface area contributed by atoms with Crippen LogP contribution in [0, 0.1) is 0 Å². The monoisotopic (exact) mass is 441 g/mol. The highest BCUT2D eigenvalue weighted by atomic mass is 35.5. The van der Waals surface area contributed by atoms with E-state index in [0.29, 0.717) is 18.8 Å². The summed E-state index contributed by atoms with van der Waals surface area (Å²) in [5.74, 6) is -0.468. The summed E-state index contributed by atoms with van der Waals surface area (Å²) in [5.41, 5.74) is 6.52. The summed E-state index contributed by atoms with van der Waals surface area (Å²) >= 11 is 12.0. The number of benzene rings is 2. The van der Waals surface area contributed by atoms with Gasteiger partial charge in [0, 0.05) is 24.3 Å². The predicted octanol–water partition coefficient (Wildman–Crippen LogP) is 4.39. The molecular formula is C19H21Cl2N3O3S. The second kappa shape index (κ2) is 8.69. The van der Waals surface area contributed by atoms with Crippen molar-refractivity contribution in [1.29, 1.82) is 0 Å². The van der Waals surface area contributed by atoms with Gasteiger partial charge in [-0.15, -0.1) is 0 Å². The maximum Gasteiger partial charge on any atom is 0.255 e. The number of carbonyl (C=O) groups excluding carboxylic acids is 1. The lowest BCUT2D eigenvalue weighted by atomic mass is 10.2. The predicted molar refractivity (Wildman–Crippen MR) is 112 cm³/mol. The van der Waals surface area contributed by atoms with Crippen LogP contribution >= 0.6 is 23.2 Å². The van der Waals surface area contributed by atoms with Crippen molar-refractivity contribution in [3.8, 4) is 0 Å². The van der Waals surface area contributed by atoms with E-state index in [-0.39, 0.29) is 26.2 Å². The van der Waals surface area contributed by atoms with Gasteiger partial charge in [0.15, 0.2) is 0 Å². The van der Waals surface area contributed by atoms with E-state index in [0.717, 1.165) is 25.7 Å². The first-order valence-corrected chi connectivity index (χ1v) is 11.1. The molecule has 2 aromatic carbocycles. The van der Waals surface area contributed by atoms with Crippen LogP contribution in [0.3, 0.4) is 0 Å². The third-order valence-corrected chi connectivity index (χ3v) is 7.16. The van der Waals surface area contributed by atoms with E-state index < -0.39 is 15.9 Å². The van der Waals surface area contributed by atoms with Crippen molar-refractivity contribution in [3.63, 3.8) is 0 Å². The van der Waals surface area contributed by atoms with Gasteiger partial charge in [0.05, 0.1) is 20.6 Å². The van der Waals surface area contributed by atoms with Crippen LogP contribution in [0.25, 0.3) is 0 Å². The third-order valence-electron chi connectivity index (χ3n) is 4.64.